The molecule has 11 nitrogen and oxygen atoms in total. The van der Waals surface area contributed by atoms with Crippen LogP contribution in [0.5, 0.6) is 17.2 Å². The first-order valence-electron chi connectivity index (χ1n) is 18.0. The minimum atomic E-state index is -1.36. The fraction of sp³-hybridized carbons (Fsp3) is 0.390. The number of aromatic nitrogens is 1. The number of β-amino-alcohol motifs (C(OH)–C–C–N with tert-alkyl or cyclic N) is 1. The number of nitriles is 1. The predicted molar refractivity (Wildman–Crippen MR) is 205 cm³/mol. The molecule has 2 heterocycles. The Bertz CT molecular complexity index is 2000. The van der Waals surface area contributed by atoms with E-state index in [1.54, 1.807) is 38.2 Å². The molecule has 54 heavy (non-hydrogen) atoms. The molecule has 4 aromatic rings. The van der Waals surface area contributed by atoms with Gasteiger partial charge in [0.15, 0.2) is 0 Å². The topological polar surface area (TPSA) is 146 Å². The van der Waals surface area contributed by atoms with E-state index in [0.717, 1.165) is 41.6 Å². The van der Waals surface area contributed by atoms with Gasteiger partial charge in [0.2, 0.25) is 0 Å². The minimum Gasteiger partial charge on any atom is -0.492 e. The molecular weight excluding hydrogens is 731 g/mol. The van der Waals surface area contributed by atoms with Crippen LogP contribution in [0.15, 0.2) is 67.0 Å². The molecule has 3 aromatic carbocycles. The van der Waals surface area contributed by atoms with E-state index in [9.17, 15) is 20.3 Å². The molecule has 1 aliphatic carbocycles. The summed E-state index contributed by atoms with van der Waals surface area (Å²) in [6.45, 7) is 5.99. The maximum atomic E-state index is 12.7. The number of likely N-dealkylation sites (tertiary alicyclic amines) is 1. The SMILES string of the molecule is CCOC(=O)[C@](C)(CO)NCc1cc(Cl)c(O[C@H]2CCc3c(-c4cccc(OCCCN5CC(O)C5)c4Cl)cccc32)cc1OCc1cncc(C#N)c1. The molecule has 3 N–H and O–H groups in total. The zero-order chi connectivity index (χ0) is 38.2. The molecule has 0 amide bonds. The Balaban J connectivity index is 1.22. The van der Waals surface area contributed by atoms with Crippen LogP contribution >= 0.6 is 23.2 Å². The lowest BCUT2D eigenvalue weighted by Crippen LogP contribution is -2.53. The molecular formula is C41H44Cl2N4O7. The van der Waals surface area contributed by atoms with Gasteiger partial charge < -0.3 is 29.2 Å². The highest BCUT2D eigenvalue weighted by Crippen LogP contribution is 2.45. The zero-order valence-corrected chi connectivity index (χ0v) is 31.8. The number of esters is 1. The Kier molecular flexibility index (Phi) is 13.0. The van der Waals surface area contributed by atoms with Gasteiger partial charge in [-0.1, -0.05) is 53.5 Å². The third-order valence-corrected chi connectivity index (χ3v) is 10.4. The van der Waals surface area contributed by atoms with Crippen molar-refractivity contribution in [3.8, 4) is 34.4 Å². The van der Waals surface area contributed by atoms with E-state index in [-0.39, 0.29) is 32.0 Å². The van der Waals surface area contributed by atoms with Crippen LogP contribution in [0.3, 0.4) is 0 Å². The van der Waals surface area contributed by atoms with Gasteiger partial charge in [-0.25, -0.2) is 4.79 Å². The number of ether oxygens (including phenoxy) is 4. The Labute approximate surface area is 325 Å². The minimum absolute atomic E-state index is 0.105. The third-order valence-electron chi connectivity index (χ3n) is 9.70. The standard InChI is InChI=1S/C41H44Cl2N4O7/c1-3-51-40(50)41(2,25-48)46-21-28-16-34(42)38(17-37(28)53-24-27-15-26(18-44)19-45-20-27)54-35-12-11-31-30(7-4-8-32(31)35)33-9-5-10-36(39(33)43)52-14-6-13-47-22-29(49)23-47/h4-5,7-10,15-17,19-20,29,35,46,48-49H,3,6,11-14,21-25H2,1-2H3/t35-,41-/m0/s1. The smallest absolute Gasteiger partial charge is 0.328 e. The molecule has 0 bridgehead atoms. The van der Waals surface area contributed by atoms with Crippen molar-refractivity contribution in [3.05, 3.63) is 105 Å². The van der Waals surface area contributed by atoms with Crippen molar-refractivity contribution in [3.63, 3.8) is 0 Å². The number of nitrogens with one attached hydrogen (secondary N) is 1. The quantitative estimate of drug-likeness (QED) is 0.0807. The first kappa shape index (κ1) is 39.3. The Morgan fingerprint density at radius 3 is 2.63 bits per heavy atom. The average molecular weight is 776 g/mol. The maximum Gasteiger partial charge on any atom is 0.328 e. The highest BCUT2D eigenvalue weighted by molar-refractivity contribution is 6.35. The Hall–Kier alpha value is -4.41. The summed E-state index contributed by atoms with van der Waals surface area (Å²) >= 11 is 13.8. The number of rotatable bonds is 17. The summed E-state index contributed by atoms with van der Waals surface area (Å²) in [7, 11) is 0. The van der Waals surface area contributed by atoms with Crippen molar-refractivity contribution >= 4 is 29.2 Å². The van der Waals surface area contributed by atoms with Crippen molar-refractivity contribution in [1.29, 1.82) is 5.26 Å². The first-order chi connectivity index (χ1) is 26.1. The van der Waals surface area contributed by atoms with Crippen LogP contribution < -0.4 is 19.5 Å². The number of nitrogens with zero attached hydrogens (tertiary/aromatic N) is 3. The van der Waals surface area contributed by atoms with Gasteiger partial charge >= 0.3 is 5.97 Å². The van der Waals surface area contributed by atoms with Crippen molar-refractivity contribution in [1.82, 2.24) is 15.2 Å². The molecule has 2 atom stereocenters. The number of halogens is 2. The van der Waals surface area contributed by atoms with E-state index in [0.29, 0.717) is 70.1 Å². The third kappa shape index (κ3) is 9.09. The van der Waals surface area contributed by atoms with Crippen LogP contribution in [0, 0.1) is 11.3 Å². The maximum absolute atomic E-state index is 12.7. The van der Waals surface area contributed by atoms with Gasteiger partial charge in [-0.15, -0.1) is 0 Å². The second-order valence-corrected chi connectivity index (χ2v) is 14.5. The largest absolute Gasteiger partial charge is 0.492 e. The number of carbonyl (C=O) groups is 1. The van der Waals surface area contributed by atoms with Crippen molar-refractivity contribution in [2.45, 2.75) is 64.0 Å². The van der Waals surface area contributed by atoms with E-state index in [1.807, 2.05) is 24.3 Å². The number of hydrogen-bond donors (Lipinski definition) is 3. The number of fused-ring (bicyclic) bond motifs is 1. The van der Waals surface area contributed by atoms with Gasteiger partial charge in [-0.3, -0.25) is 15.2 Å². The van der Waals surface area contributed by atoms with Gasteiger partial charge in [-0.2, -0.15) is 5.26 Å². The number of benzene rings is 3. The second-order valence-electron chi connectivity index (χ2n) is 13.7. The lowest BCUT2D eigenvalue weighted by Gasteiger charge is -2.35. The van der Waals surface area contributed by atoms with E-state index in [1.165, 1.54) is 6.20 Å². The number of aliphatic hydroxyl groups excluding tert-OH is 2. The van der Waals surface area contributed by atoms with Crippen molar-refractivity contribution in [2.24, 2.45) is 0 Å². The summed E-state index contributed by atoms with van der Waals surface area (Å²) in [5, 5.41) is 32.9. The van der Waals surface area contributed by atoms with E-state index in [2.05, 4.69) is 33.4 Å². The van der Waals surface area contributed by atoms with E-state index >= 15 is 0 Å². The highest BCUT2D eigenvalue weighted by atomic mass is 35.5. The Morgan fingerprint density at radius 2 is 1.87 bits per heavy atom. The first-order valence-corrected chi connectivity index (χ1v) is 18.8. The molecule has 1 saturated heterocycles. The molecule has 1 fully saturated rings. The van der Waals surface area contributed by atoms with Crippen molar-refractivity contribution < 1.29 is 34.0 Å². The molecule has 13 heteroatoms. The van der Waals surface area contributed by atoms with Crippen LogP contribution in [0.4, 0.5) is 0 Å². The van der Waals surface area contributed by atoms with Crippen LogP contribution in [-0.4, -0.2) is 77.2 Å². The number of aliphatic hydroxyl groups is 2. The van der Waals surface area contributed by atoms with Gasteiger partial charge in [0.25, 0.3) is 0 Å². The fourth-order valence-electron chi connectivity index (χ4n) is 6.67. The van der Waals surface area contributed by atoms with E-state index < -0.39 is 18.1 Å². The summed E-state index contributed by atoms with van der Waals surface area (Å²) in [5.74, 6) is 0.900. The predicted octanol–water partition coefficient (Wildman–Crippen LogP) is 6.42. The van der Waals surface area contributed by atoms with Gasteiger partial charge in [-0.05, 0) is 68.0 Å². The summed E-state index contributed by atoms with van der Waals surface area (Å²) in [6, 6.07) is 19.2. The zero-order valence-electron chi connectivity index (χ0n) is 30.3. The van der Waals surface area contributed by atoms with Gasteiger partial charge in [0, 0.05) is 61.3 Å². The average Bonchev–Trinajstić information content (AvgIpc) is 3.58. The molecule has 1 aliphatic heterocycles. The highest BCUT2D eigenvalue weighted by Gasteiger charge is 2.34. The molecule has 0 radical (unpaired) electrons. The monoisotopic (exact) mass is 774 g/mol. The Morgan fingerprint density at radius 1 is 1.07 bits per heavy atom. The van der Waals surface area contributed by atoms with Crippen molar-refractivity contribution in [2.75, 3.05) is 39.5 Å². The molecule has 2 aliphatic rings. The van der Waals surface area contributed by atoms with Crippen LogP contribution in [0.2, 0.25) is 10.0 Å². The molecule has 6 rings (SSSR count). The van der Waals surface area contributed by atoms with E-state index in [4.69, 9.17) is 42.1 Å². The number of hydrogen-bond acceptors (Lipinski definition) is 11. The molecule has 0 spiro atoms. The van der Waals surface area contributed by atoms with Gasteiger partial charge in [0.05, 0.1) is 41.5 Å². The fourth-order valence-corrected chi connectivity index (χ4v) is 7.18. The second kappa shape index (κ2) is 17.8. The number of carbonyl (C=O) groups excluding carboxylic acids is 1. The molecule has 1 aromatic heterocycles. The summed E-state index contributed by atoms with van der Waals surface area (Å²) in [6.07, 6.45) is 4.89. The van der Waals surface area contributed by atoms with Crippen LogP contribution in [0.1, 0.15) is 60.6 Å². The lowest BCUT2D eigenvalue weighted by molar-refractivity contribution is -0.152. The summed E-state index contributed by atoms with van der Waals surface area (Å²) in [4.78, 5) is 19.0. The normalized spacial score (nSPS) is 16.5. The summed E-state index contributed by atoms with van der Waals surface area (Å²) < 4.78 is 24.2. The van der Waals surface area contributed by atoms with Crippen LogP contribution in [0.25, 0.3) is 11.1 Å². The molecule has 284 valence electrons. The van der Waals surface area contributed by atoms with Crippen LogP contribution in [-0.2, 0) is 29.1 Å². The number of pyridine rings is 1. The molecule has 0 unspecified atom stereocenters. The van der Waals surface area contributed by atoms with Gasteiger partial charge in [0.1, 0.15) is 41.6 Å². The molecule has 0 saturated carbocycles. The summed E-state index contributed by atoms with van der Waals surface area (Å²) in [5.41, 5.74) is 4.42. The lowest BCUT2D eigenvalue weighted by atomic mass is 9.96.